The van der Waals surface area contributed by atoms with E-state index in [0.717, 1.165) is 18.7 Å². The fourth-order valence-corrected chi connectivity index (χ4v) is 3.15. The van der Waals surface area contributed by atoms with E-state index in [-0.39, 0.29) is 0 Å². The molecule has 1 atom stereocenters. The SMILES string of the molecule is CN1CCCCC1CCNc1cc(Cl)c(Cl)cc1Cl. The topological polar surface area (TPSA) is 15.3 Å². The molecule has 1 aromatic rings. The summed E-state index contributed by atoms with van der Waals surface area (Å²) in [6, 6.07) is 4.14. The Morgan fingerprint density at radius 1 is 1.16 bits per heavy atom. The zero-order valence-corrected chi connectivity index (χ0v) is 13.3. The van der Waals surface area contributed by atoms with E-state index >= 15 is 0 Å². The largest absolute Gasteiger partial charge is 0.384 e. The number of nitrogens with one attached hydrogen (secondary N) is 1. The van der Waals surface area contributed by atoms with Gasteiger partial charge in [-0.15, -0.1) is 0 Å². The molecule has 2 nitrogen and oxygen atoms in total. The normalized spacial score (nSPS) is 20.5. The van der Waals surface area contributed by atoms with Crippen LogP contribution in [0, 0.1) is 0 Å². The Hall–Kier alpha value is -0.150. The minimum absolute atomic E-state index is 0.490. The maximum atomic E-state index is 6.14. The summed E-state index contributed by atoms with van der Waals surface area (Å²) >= 11 is 18.0. The first kappa shape index (κ1) is 15.2. The lowest BCUT2D eigenvalue weighted by Gasteiger charge is -2.32. The van der Waals surface area contributed by atoms with Gasteiger partial charge in [0.05, 0.1) is 20.8 Å². The molecule has 0 saturated carbocycles. The van der Waals surface area contributed by atoms with Crippen LogP contribution in [0.4, 0.5) is 5.69 Å². The van der Waals surface area contributed by atoms with Crippen LogP contribution in [0.5, 0.6) is 0 Å². The maximum Gasteiger partial charge on any atom is 0.0653 e. The summed E-state index contributed by atoms with van der Waals surface area (Å²) in [5.41, 5.74) is 0.856. The van der Waals surface area contributed by atoms with Gasteiger partial charge in [0.25, 0.3) is 0 Å². The van der Waals surface area contributed by atoms with Crippen LogP contribution in [0.2, 0.25) is 15.1 Å². The minimum atomic E-state index is 0.490. The Bertz CT molecular complexity index is 437. The number of halogens is 3. The summed E-state index contributed by atoms with van der Waals surface area (Å²) in [6.07, 6.45) is 5.06. The van der Waals surface area contributed by atoms with Crippen LogP contribution in [0.15, 0.2) is 12.1 Å². The van der Waals surface area contributed by atoms with Gasteiger partial charge in [-0.2, -0.15) is 0 Å². The molecule has 1 fully saturated rings. The van der Waals surface area contributed by atoms with Gasteiger partial charge in [0, 0.05) is 12.6 Å². The van der Waals surface area contributed by atoms with E-state index < -0.39 is 0 Å². The van der Waals surface area contributed by atoms with Crippen LogP contribution < -0.4 is 5.32 Å². The number of rotatable bonds is 4. The fraction of sp³-hybridized carbons (Fsp3) is 0.571. The number of hydrogen-bond donors (Lipinski definition) is 1. The number of hydrogen-bond acceptors (Lipinski definition) is 2. The average Bonchev–Trinajstić information content (AvgIpc) is 2.38. The fourth-order valence-electron chi connectivity index (χ4n) is 2.54. The van der Waals surface area contributed by atoms with Crippen molar-refractivity contribution < 1.29 is 0 Å². The molecule has 0 bridgehead atoms. The van der Waals surface area contributed by atoms with Gasteiger partial charge < -0.3 is 10.2 Å². The predicted octanol–water partition coefficient (Wildman–Crippen LogP) is 4.93. The zero-order chi connectivity index (χ0) is 13.8. The van der Waals surface area contributed by atoms with Gasteiger partial charge in [-0.3, -0.25) is 0 Å². The van der Waals surface area contributed by atoms with Crippen LogP contribution in [0.25, 0.3) is 0 Å². The Labute approximate surface area is 130 Å². The summed E-state index contributed by atoms with van der Waals surface area (Å²) in [4.78, 5) is 2.45. The summed E-state index contributed by atoms with van der Waals surface area (Å²) in [5, 5.41) is 4.99. The second-order valence-corrected chi connectivity index (χ2v) is 6.31. The highest BCUT2D eigenvalue weighted by Gasteiger charge is 2.18. The van der Waals surface area contributed by atoms with E-state index in [0.29, 0.717) is 21.1 Å². The smallest absolute Gasteiger partial charge is 0.0653 e. The van der Waals surface area contributed by atoms with Crippen LogP contribution in [-0.2, 0) is 0 Å². The van der Waals surface area contributed by atoms with Crippen LogP contribution >= 0.6 is 34.8 Å². The number of piperidine rings is 1. The first-order valence-electron chi connectivity index (χ1n) is 6.66. The molecule has 1 N–H and O–H groups in total. The molecule has 1 unspecified atom stereocenters. The van der Waals surface area contributed by atoms with E-state index in [1.54, 1.807) is 12.1 Å². The van der Waals surface area contributed by atoms with E-state index in [2.05, 4.69) is 17.3 Å². The van der Waals surface area contributed by atoms with Gasteiger partial charge in [0.2, 0.25) is 0 Å². The van der Waals surface area contributed by atoms with Gasteiger partial charge in [-0.1, -0.05) is 41.2 Å². The van der Waals surface area contributed by atoms with Gasteiger partial charge in [0.15, 0.2) is 0 Å². The van der Waals surface area contributed by atoms with Crippen molar-refractivity contribution >= 4 is 40.5 Å². The molecular weight excluding hydrogens is 303 g/mol. The average molecular weight is 322 g/mol. The molecule has 0 aliphatic carbocycles. The first-order valence-corrected chi connectivity index (χ1v) is 7.80. The van der Waals surface area contributed by atoms with Crippen molar-refractivity contribution in [2.75, 3.05) is 25.5 Å². The molecule has 19 heavy (non-hydrogen) atoms. The molecule has 106 valence electrons. The highest BCUT2D eigenvalue weighted by atomic mass is 35.5. The molecule has 2 rings (SSSR count). The molecule has 0 spiro atoms. The van der Waals surface area contributed by atoms with Gasteiger partial charge in [0.1, 0.15) is 0 Å². The third-order valence-electron chi connectivity index (χ3n) is 3.72. The molecule has 1 aliphatic heterocycles. The molecule has 1 aliphatic rings. The van der Waals surface area contributed by atoms with Gasteiger partial charge in [-0.25, -0.2) is 0 Å². The van der Waals surface area contributed by atoms with Crippen LogP contribution in [0.3, 0.4) is 0 Å². The lowest BCUT2D eigenvalue weighted by molar-refractivity contribution is 0.179. The molecule has 5 heteroatoms. The van der Waals surface area contributed by atoms with E-state index in [1.165, 1.54) is 25.8 Å². The van der Waals surface area contributed by atoms with Crippen LogP contribution in [-0.4, -0.2) is 31.1 Å². The number of nitrogens with zero attached hydrogens (tertiary/aromatic N) is 1. The third kappa shape index (κ3) is 4.16. The van der Waals surface area contributed by atoms with Crippen molar-refractivity contribution in [3.8, 4) is 0 Å². The lowest BCUT2D eigenvalue weighted by Crippen LogP contribution is -2.37. The van der Waals surface area contributed by atoms with Crippen molar-refractivity contribution in [1.29, 1.82) is 0 Å². The first-order chi connectivity index (χ1) is 9.08. The van der Waals surface area contributed by atoms with Crippen molar-refractivity contribution in [3.05, 3.63) is 27.2 Å². The molecule has 0 amide bonds. The van der Waals surface area contributed by atoms with E-state index in [4.69, 9.17) is 34.8 Å². The summed E-state index contributed by atoms with van der Waals surface area (Å²) < 4.78 is 0. The van der Waals surface area contributed by atoms with Gasteiger partial charge >= 0.3 is 0 Å². The molecule has 0 aromatic heterocycles. The quantitative estimate of drug-likeness (QED) is 0.791. The number of likely N-dealkylation sites (tertiary alicyclic amines) is 1. The molecule has 1 aromatic carbocycles. The Kier molecular flexibility index (Phi) is 5.64. The Morgan fingerprint density at radius 2 is 1.89 bits per heavy atom. The Balaban J connectivity index is 1.87. The van der Waals surface area contributed by atoms with Gasteiger partial charge in [-0.05, 0) is 45.0 Å². The monoisotopic (exact) mass is 320 g/mol. The zero-order valence-electron chi connectivity index (χ0n) is 11.1. The standard InChI is InChI=1S/C14H19Cl3N2/c1-19-7-3-2-4-10(19)5-6-18-14-9-12(16)11(15)8-13(14)17/h8-10,18H,2-7H2,1H3. The molecular formula is C14H19Cl3N2. The Morgan fingerprint density at radius 3 is 2.63 bits per heavy atom. The van der Waals surface area contributed by atoms with E-state index in [9.17, 15) is 0 Å². The maximum absolute atomic E-state index is 6.14. The van der Waals surface area contributed by atoms with E-state index in [1.807, 2.05) is 0 Å². The molecule has 1 heterocycles. The number of benzene rings is 1. The highest BCUT2D eigenvalue weighted by molar-refractivity contribution is 6.44. The second kappa shape index (κ2) is 7.03. The third-order valence-corrected chi connectivity index (χ3v) is 4.76. The van der Waals surface area contributed by atoms with Crippen molar-refractivity contribution in [3.63, 3.8) is 0 Å². The predicted molar refractivity (Wildman–Crippen MR) is 84.8 cm³/mol. The molecule has 0 radical (unpaired) electrons. The lowest BCUT2D eigenvalue weighted by atomic mass is 10.0. The van der Waals surface area contributed by atoms with Crippen molar-refractivity contribution in [1.82, 2.24) is 4.90 Å². The second-order valence-electron chi connectivity index (χ2n) is 5.09. The van der Waals surface area contributed by atoms with Crippen molar-refractivity contribution in [2.45, 2.75) is 31.7 Å². The number of anilines is 1. The molecule has 1 saturated heterocycles. The van der Waals surface area contributed by atoms with Crippen LogP contribution in [0.1, 0.15) is 25.7 Å². The highest BCUT2D eigenvalue weighted by Crippen LogP contribution is 2.32. The summed E-state index contributed by atoms with van der Waals surface area (Å²) in [7, 11) is 2.20. The van der Waals surface area contributed by atoms with Crippen molar-refractivity contribution in [2.24, 2.45) is 0 Å². The summed E-state index contributed by atoms with van der Waals surface area (Å²) in [6.45, 7) is 2.10. The minimum Gasteiger partial charge on any atom is -0.384 e. The summed E-state index contributed by atoms with van der Waals surface area (Å²) in [5.74, 6) is 0.